The van der Waals surface area contributed by atoms with E-state index in [9.17, 15) is 10.2 Å². The van der Waals surface area contributed by atoms with Crippen molar-refractivity contribution >= 4 is 0 Å². The highest BCUT2D eigenvalue weighted by Gasteiger charge is 2.57. The van der Waals surface area contributed by atoms with Crippen LogP contribution in [0.3, 0.4) is 0 Å². The fraction of sp³-hybridized carbons (Fsp3) is 0.700. The van der Waals surface area contributed by atoms with E-state index in [2.05, 4.69) is 19.9 Å². The van der Waals surface area contributed by atoms with Gasteiger partial charge in [0, 0.05) is 0 Å². The third-order valence-corrected chi connectivity index (χ3v) is 7.35. The standard InChI is InChI=1S/C20H28O2/c1-3-12-11-18-17-6-4-13-10-14(21)5-7-15(13)16(17)8-9-20(18,2)19(12)22/h5,7,10,12,16-19,21-22H,3-4,6,8-9,11H2,1-2H3/t12-,16-,17-,18+,19+,20+/m1/s1. The van der Waals surface area contributed by atoms with Gasteiger partial charge < -0.3 is 10.2 Å². The molecule has 0 heterocycles. The second-order valence-corrected chi connectivity index (χ2v) is 8.19. The maximum Gasteiger partial charge on any atom is 0.115 e. The molecule has 3 aliphatic rings. The van der Waals surface area contributed by atoms with Crippen molar-refractivity contribution in [2.24, 2.45) is 23.2 Å². The maximum absolute atomic E-state index is 10.8. The molecule has 0 saturated heterocycles. The van der Waals surface area contributed by atoms with Crippen molar-refractivity contribution in [2.45, 2.75) is 64.4 Å². The molecule has 0 amide bonds. The van der Waals surface area contributed by atoms with Crippen LogP contribution in [-0.4, -0.2) is 16.3 Å². The number of hydrogen-bond donors (Lipinski definition) is 2. The van der Waals surface area contributed by atoms with E-state index in [4.69, 9.17) is 0 Å². The Morgan fingerprint density at radius 2 is 2.09 bits per heavy atom. The summed E-state index contributed by atoms with van der Waals surface area (Å²) in [5, 5.41) is 20.6. The van der Waals surface area contributed by atoms with Crippen molar-refractivity contribution in [3.63, 3.8) is 0 Å². The van der Waals surface area contributed by atoms with E-state index in [0.29, 0.717) is 23.5 Å². The second kappa shape index (κ2) is 4.99. The summed E-state index contributed by atoms with van der Waals surface area (Å²) in [6.45, 7) is 4.57. The van der Waals surface area contributed by atoms with Gasteiger partial charge >= 0.3 is 0 Å². The number of aliphatic hydroxyl groups excluding tert-OH is 1. The fourth-order valence-electron chi connectivity index (χ4n) is 6.11. The number of aliphatic hydroxyl groups is 1. The lowest BCUT2D eigenvalue weighted by Gasteiger charge is -2.50. The van der Waals surface area contributed by atoms with Gasteiger partial charge in [0.2, 0.25) is 0 Å². The van der Waals surface area contributed by atoms with Gasteiger partial charge in [-0.2, -0.15) is 0 Å². The Morgan fingerprint density at radius 3 is 2.86 bits per heavy atom. The van der Waals surface area contributed by atoms with Crippen molar-refractivity contribution in [3.8, 4) is 5.75 Å². The Morgan fingerprint density at radius 1 is 1.27 bits per heavy atom. The predicted molar refractivity (Wildman–Crippen MR) is 87.9 cm³/mol. The predicted octanol–water partition coefficient (Wildman–Crippen LogP) is 4.25. The van der Waals surface area contributed by atoms with Crippen molar-refractivity contribution < 1.29 is 10.2 Å². The molecular weight excluding hydrogens is 272 g/mol. The van der Waals surface area contributed by atoms with Crippen LogP contribution < -0.4 is 0 Å². The molecule has 0 bridgehead atoms. The van der Waals surface area contributed by atoms with E-state index in [1.54, 1.807) is 0 Å². The summed E-state index contributed by atoms with van der Waals surface area (Å²) in [7, 11) is 0. The van der Waals surface area contributed by atoms with Crippen LogP contribution in [0.15, 0.2) is 18.2 Å². The molecule has 2 fully saturated rings. The summed E-state index contributed by atoms with van der Waals surface area (Å²) < 4.78 is 0. The first-order chi connectivity index (χ1) is 10.5. The van der Waals surface area contributed by atoms with Gasteiger partial charge in [-0.25, -0.2) is 0 Å². The summed E-state index contributed by atoms with van der Waals surface area (Å²) in [6.07, 6.45) is 6.87. The normalized spacial score (nSPS) is 43.3. The zero-order valence-electron chi connectivity index (χ0n) is 13.8. The number of fused-ring (bicyclic) bond motifs is 5. The van der Waals surface area contributed by atoms with Crippen molar-refractivity contribution in [1.29, 1.82) is 0 Å². The first-order valence-corrected chi connectivity index (χ1v) is 9.04. The summed E-state index contributed by atoms with van der Waals surface area (Å²) in [5.74, 6) is 2.94. The Hall–Kier alpha value is -1.02. The minimum Gasteiger partial charge on any atom is -0.508 e. The summed E-state index contributed by atoms with van der Waals surface area (Å²) in [6, 6.07) is 5.98. The van der Waals surface area contributed by atoms with E-state index in [0.717, 1.165) is 25.2 Å². The quantitative estimate of drug-likeness (QED) is 0.814. The maximum atomic E-state index is 10.8. The van der Waals surface area contributed by atoms with Gasteiger partial charge in [0.15, 0.2) is 0 Å². The number of aromatic hydroxyl groups is 1. The lowest BCUT2D eigenvalue weighted by atomic mass is 9.55. The molecular formula is C20H28O2. The largest absolute Gasteiger partial charge is 0.508 e. The molecule has 1 aromatic carbocycles. The molecule has 1 aromatic rings. The molecule has 2 nitrogen and oxygen atoms in total. The van der Waals surface area contributed by atoms with Crippen LogP contribution in [0.4, 0.5) is 0 Å². The van der Waals surface area contributed by atoms with E-state index >= 15 is 0 Å². The van der Waals surface area contributed by atoms with Crippen LogP contribution in [0, 0.1) is 23.2 Å². The minimum atomic E-state index is -0.107. The van der Waals surface area contributed by atoms with Gasteiger partial charge in [0.05, 0.1) is 6.10 Å². The molecule has 0 unspecified atom stereocenters. The summed E-state index contributed by atoms with van der Waals surface area (Å²) in [5.41, 5.74) is 2.97. The highest BCUT2D eigenvalue weighted by atomic mass is 16.3. The van der Waals surface area contributed by atoms with Gasteiger partial charge in [-0.3, -0.25) is 0 Å². The average Bonchev–Trinajstić information content (AvgIpc) is 2.78. The number of aryl methyl sites for hydroxylation is 1. The van der Waals surface area contributed by atoms with Crippen LogP contribution in [0.1, 0.15) is 63.0 Å². The van der Waals surface area contributed by atoms with E-state index in [1.165, 1.54) is 30.4 Å². The monoisotopic (exact) mass is 300 g/mol. The molecule has 2 saturated carbocycles. The van der Waals surface area contributed by atoms with E-state index in [1.807, 2.05) is 12.1 Å². The smallest absolute Gasteiger partial charge is 0.115 e. The van der Waals surface area contributed by atoms with Crippen LogP contribution >= 0.6 is 0 Å². The molecule has 6 atom stereocenters. The summed E-state index contributed by atoms with van der Waals surface area (Å²) in [4.78, 5) is 0. The number of rotatable bonds is 1. The second-order valence-electron chi connectivity index (χ2n) is 8.19. The van der Waals surface area contributed by atoms with Gasteiger partial charge in [0.25, 0.3) is 0 Å². The Balaban J connectivity index is 1.69. The Bertz CT molecular complexity index is 581. The topological polar surface area (TPSA) is 40.5 Å². The lowest BCUT2D eigenvalue weighted by Crippen LogP contribution is -2.44. The third-order valence-electron chi connectivity index (χ3n) is 7.35. The fourth-order valence-corrected chi connectivity index (χ4v) is 6.11. The zero-order valence-corrected chi connectivity index (χ0v) is 13.8. The van der Waals surface area contributed by atoms with Crippen LogP contribution in [-0.2, 0) is 6.42 Å². The van der Waals surface area contributed by atoms with Crippen molar-refractivity contribution in [2.75, 3.05) is 0 Å². The van der Waals surface area contributed by atoms with E-state index < -0.39 is 0 Å². The molecule has 22 heavy (non-hydrogen) atoms. The molecule has 2 N–H and O–H groups in total. The summed E-state index contributed by atoms with van der Waals surface area (Å²) >= 11 is 0. The third kappa shape index (κ3) is 1.89. The first kappa shape index (κ1) is 14.6. The molecule has 4 rings (SSSR count). The van der Waals surface area contributed by atoms with Crippen LogP contribution in [0.25, 0.3) is 0 Å². The molecule has 120 valence electrons. The molecule has 0 spiro atoms. The van der Waals surface area contributed by atoms with Crippen molar-refractivity contribution in [1.82, 2.24) is 0 Å². The molecule has 0 aliphatic heterocycles. The lowest BCUT2D eigenvalue weighted by molar-refractivity contribution is -0.0329. The van der Waals surface area contributed by atoms with Gasteiger partial charge in [-0.05, 0) is 84.5 Å². The molecule has 0 radical (unpaired) electrons. The first-order valence-electron chi connectivity index (χ1n) is 9.04. The molecule has 2 heteroatoms. The number of phenols is 1. The average molecular weight is 300 g/mol. The van der Waals surface area contributed by atoms with Crippen LogP contribution in [0.2, 0.25) is 0 Å². The van der Waals surface area contributed by atoms with Crippen molar-refractivity contribution in [3.05, 3.63) is 29.3 Å². The Labute approximate surface area is 133 Å². The van der Waals surface area contributed by atoms with Gasteiger partial charge in [-0.1, -0.05) is 26.3 Å². The highest BCUT2D eigenvalue weighted by molar-refractivity contribution is 5.40. The number of benzene rings is 1. The molecule has 0 aromatic heterocycles. The zero-order chi connectivity index (χ0) is 15.5. The number of hydrogen-bond acceptors (Lipinski definition) is 2. The van der Waals surface area contributed by atoms with Gasteiger partial charge in [0.1, 0.15) is 5.75 Å². The van der Waals surface area contributed by atoms with Crippen LogP contribution in [0.5, 0.6) is 5.75 Å². The SMILES string of the molecule is CC[C@@H]1C[C@H]2[C@@H]3CCc4cc(O)ccc4[C@H]3CC[C@]2(C)[C@H]1O. The van der Waals surface area contributed by atoms with E-state index in [-0.39, 0.29) is 11.5 Å². The minimum absolute atomic E-state index is 0.107. The Kier molecular flexibility index (Phi) is 3.30. The molecule has 3 aliphatic carbocycles. The highest BCUT2D eigenvalue weighted by Crippen LogP contribution is 2.62. The van der Waals surface area contributed by atoms with Gasteiger partial charge in [-0.15, -0.1) is 0 Å². The number of phenolic OH excluding ortho intramolecular Hbond substituents is 1.